The normalized spacial score (nSPS) is 12.3. The van der Waals surface area contributed by atoms with Crippen LogP contribution in [0.1, 0.15) is 44.2 Å². The first kappa shape index (κ1) is 14.5. The van der Waals surface area contributed by atoms with Gasteiger partial charge in [-0.15, -0.1) is 0 Å². The van der Waals surface area contributed by atoms with E-state index in [2.05, 4.69) is 19.3 Å². The summed E-state index contributed by atoms with van der Waals surface area (Å²) in [6, 6.07) is 6.05. The molecule has 0 aliphatic carbocycles. The van der Waals surface area contributed by atoms with Crippen molar-refractivity contribution in [2.45, 2.75) is 46.1 Å². The number of ether oxygens (including phenoxy) is 1. The molecule has 0 heterocycles. The summed E-state index contributed by atoms with van der Waals surface area (Å²) in [5.41, 5.74) is 4.35. The number of carbonyl (C=O) groups excluding carboxylic acids is 1. The molecule has 0 radical (unpaired) electrons. The van der Waals surface area contributed by atoms with Gasteiger partial charge in [0.25, 0.3) is 5.91 Å². The summed E-state index contributed by atoms with van der Waals surface area (Å²) in [6.07, 6.45) is 0.0309. The molecular weight excluding hydrogens is 228 g/mol. The standard InChI is InChI=1S/C14H22N2O2/c1-5-12(14(17)16-15)18-13-8-10(4)6-7-11(13)9(2)3/h6-9,12H,5,15H2,1-4H3,(H,16,17). The van der Waals surface area contributed by atoms with Crippen LogP contribution < -0.4 is 16.0 Å². The Morgan fingerprint density at radius 2 is 2.11 bits per heavy atom. The lowest BCUT2D eigenvalue weighted by Crippen LogP contribution is -2.41. The van der Waals surface area contributed by atoms with Gasteiger partial charge in [-0.3, -0.25) is 10.2 Å². The molecule has 4 nitrogen and oxygen atoms in total. The van der Waals surface area contributed by atoms with Crippen LogP contribution >= 0.6 is 0 Å². The first-order valence-corrected chi connectivity index (χ1v) is 6.27. The van der Waals surface area contributed by atoms with Gasteiger partial charge >= 0.3 is 0 Å². The monoisotopic (exact) mass is 250 g/mol. The van der Waals surface area contributed by atoms with Crippen molar-refractivity contribution < 1.29 is 9.53 Å². The molecule has 1 atom stereocenters. The number of rotatable bonds is 5. The van der Waals surface area contributed by atoms with Gasteiger partial charge in [-0.2, -0.15) is 0 Å². The number of nitrogens with two attached hydrogens (primary N) is 1. The van der Waals surface area contributed by atoms with Gasteiger partial charge in [-0.05, 0) is 36.5 Å². The van der Waals surface area contributed by atoms with Crippen LogP contribution in [-0.2, 0) is 4.79 Å². The number of carbonyl (C=O) groups is 1. The van der Waals surface area contributed by atoms with E-state index in [0.717, 1.165) is 16.9 Å². The lowest BCUT2D eigenvalue weighted by Gasteiger charge is -2.20. The van der Waals surface area contributed by atoms with Gasteiger partial charge in [0, 0.05) is 0 Å². The summed E-state index contributed by atoms with van der Waals surface area (Å²) < 4.78 is 5.80. The molecule has 18 heavy (non-hydrogen) atoms. The van der Waals surface area contributed by atoms with Crippen LogP contribution in [0.4, 0.5) is 0 Å². The molecule has 1 aromatic carbocycles. The van der Waals surface area contributed by atoms with Crippen LogP contribution in [-0.4, -0.2) is 12.0 Å². The van der Waals surface area contributed by atoms with E-state index < -0.39 is 6.10 Å². The number of nitrogens with one attached hydrogen (secondary N) is 1. The van der Waals surface area contributed by atoms with E-state index >= 15 is 0 Å². The molecule has 0 aliphatic rings. The van der Waals surface area contributed by atoms with E-state index in [-0.39, 0.29) is 5.91 Å². The Balaban J connectivity index is 3.00. The average molecular weight is 250 g/mol. The number of hydrogen-bond donors (Lipinski definition) is 2. The maximum atomic E-state index is 11.6. The molecule has 1 amide bonds. The van der Waals surface area contributed by atoms with Crippen LogP contribution in [0.3, 0.4) is 0 Å². The fourth-order valence-electron chi connectivity index (χ4n) is 1.79. The van der Waals surface area contributed by atoms with Crippen molar-refractivity contribution in [1.82, 2.24) is 5.43 Å². The zero-order valence-electron chi connectivity index (χ0n) is 11.5. The lowest BCUT2D eigenvalue weighted by molar-refractivity contribution is -0.128. The van der Waals surface area contributed by atoms with Crippen molar-refractivity contribution in [2.75, 3.05) is 0 Å². The summed E-state index contributed by atoms with van der Waals surface area (Å²) in [6.45, 7) is 8.09. The highest BCUT2D eigenvalue weighted by Crippen LogP contribution is 2.28. The van der Waals surface area contributed by atoms with E-state index in [4.69, 9.17) is 10.6 Å². The van der Waals surface area contributed by atoms with Gasteiger partial charge in [-0.1, -0.05) is 32.9 Å². The zero-order valence-corrected chi connectivity index (χ0v) is 11.5. The third-order valence-electron chi connectivity index (χ3n) is 2.87. The Morgan fingerprint density at radius 1 is 1.44 bits per heavy atom. The molecule has 0 bridgehead atoms. The van der Waals surface area contributed by atoms with Crippen LogP contribution in [0.2, 0.25) is 0 Å². The second kappa shape index (κ2) is 6.40. The molecule has 0 saturated carbocycles. The highest BCUT2D eigenvalue weighted by atomic mass is 16.5. The fraction of sp³-hybridized carbons (Fsp3) is 0.500. The summed E-state index contributed by atoms with van der Waals surface area (Å²) >= 11 is 0. The van der Waals surface area contributed by atoms with E-state index in [1.165, 1.54) is 0 Å². The third kappa shape index (κ3) is 3.47. The summed E-state index contributed by atoms with van der Waals surface area (Å²) in [5, 5.41) is 0. The van der Waals surface area contributed by atoms with Gasteiger partial charge in [0.1, 0.15) is 5.75 Å². The van der Waals surface area contributed by atoms with Gasteiger partial charge in [0.2, 0.25) is 0 Å². The van der Waals surface area contributed by atoms with Crippen molar-refractivity contribution in [3.63, 3.8) is 0 Å². The quantitative estimate of drug-likeness (QED) is 0.478. The zero-order chi connectivity index (χ0) is 13.7. The molecule has 4 heteroatoms. The van der Waals surface area contributed by atoms with Gasteiger partial charge < -0.3 is 4.74 Å². The molecule has 0 spiro atoms. The average Bonchev–Trinajstić information content (AvgIpc) is 2.34. The van der Waals surface area contributed by atoms with Gasteiger partial charge in [-0.25, -0.2) is 5.84 Å². The summed E-state index contributed by atoms with van der Waals surface area (Å²) in [5.74, 6) is 5.96. The maximum Gasteiger partial charge on any atom is 0.274 e. The molecular formula is C14H22N2O2. The van der Waals surface area contributed by atoms with E-state index in [9.17, 15) is 4.79 Å². The fourth-order valence-corrected chi connectivity index (χ4v) is 1.79. The minimum Gasteiger partial charge on any atom is -0.480 e. The van der Waals surface area contributed by atoms with Crippen LogP contribution in [0.15, 0.2) is 18.2 Å². The number of hydrogen-bond acceptors (Lipinski definition) is 3. The second-order valence-corrected chi connectivity index (χ2v) is 4.72. The van der Waals surface area contributed by atoms with Crippen molar-refractivity contribution in [3.05, 3.63) is 29.3 Å². The largest absolute Gasteiger partial charge is 0.480 e. The Morgan fingerprint density at radius 3 is 2.61 bits per heavy atom. The number of benzene rings is 1. The summed E-state index contributed by atoms with van der Waals surface area (Å²) in [7, 11) is 0. The Hall–Kier alpha value is -1.55. The highest BCUT2D eigenvalue weighted by Gasteiger charge is 2.19. The molecule has 1 rings (SSSR count). The first-order chi connectivity index (χ1) is 8.49. The molecule has 3 N–H and O–H groups in total. The summed E-state index contributed by atoms with van der Waals surface area (Å²) in [4.78, 5) is 11.6. The number of aryl methyl sites for hydroxylation is 1. The Bertz CT molecular complexity index is 416. The third-order valence-corrected chi connectivity index (χ3v) is 2.87. The molecule has 100 valence electrons. The molecule has 0 fully saturated rings. The predicted octanol–water partition coefficient (Wildman–Crippen LogP) is 2.27. The maximum absolute atomic E-state index is 11.6. The van der Waals surface area contributed by atoms with Crippen LogP contribution in [0.25, 0.3) is 0 Å². The molecule has 0 aliphatic heterocycles. The molecule has 0 aromatic heterocycles. The Kier molecular flexibility index (Phi) is 5.16. The highest BCUT2D eigenvalue weighted by molar-refractivity contribution is 5.80. The second-order valence-electron chi connectivity index (χ2n) is 4.72. The molecule has 0 saturated heterocycles. The van der Waals surface area contributed by atoms with E-state index in [1.807, 2.05) is 32.0 Å². The van der Waals surface area contributed by atoms with Gasteiger partial charge in [0.05, 0.1) is 0 Å². The lowest BCUT2D eigenvalue weighted by atomic mass is 10.0. The van der Waals surface area contributed by atoms with Crippen LogP contribution in [0.5, 0.6) is 5.75 Å². The van der Waals surface area contributed by atoms with Crippen molar-refractivity contribution >= 4 is 5.91 Å². The first-order valence-electron chi connectivity index (χ1n) is 6.27. The Labute approximate surface area is 108 Å². The minimum atomic E-state index is -0.547. The van der Waals surface area contributed by atoms with Crippen molar-refractivity contribution in [1.29, 1.82) is 0 Å². The smallest absolute Gasteiger partial charge is 0.274 e. The minimum absolute atomic E-state index is 0.297. The van der Waals surface area contributed by atoms with E-state index in [1.54, 1.807) is 0 Å². The van der Waals surface area contributed by atoms with Crippen molar-refractivity contribution in [3.8, 4) is 5.75 Å². The number of hydrazine groups is 1. The molecule has 1 unspecified atom stereocenters. The van der Waals surface area contributed by atoms with Crippen molar-refractivity contribution in [2.24, 2.45) is 5.84 Å². The van der Waals surface area contributed by atoms with Gasteiger partial charge in [0.15, 0.2) is 6.10 Å². The molecule has 1 aromatic rings. The van der Waals surface area contributed by atoms with E-state index in [0.29, 0.717) is 12.3 Å². The van der Waals surface area contributed by atoms with Crippen LogP contribution in [0, 0.1) is 6.92 Å². The SMILES string of the molecule is CCC(Oc1cc(C)ccc1C(C)C)C(=O)NN. The topological polar surface area (TPSA) is 64.3 Å². The number of amides is 1. The predicted molar refractivity (Wildman–Crippen MR) is 72.3 cm³/mol.